The first-order chi connectivity index (χ1) is 16.6. The summed E-state index contributed by atoms with van der Waals surface area (Å²) in [6.07, 6.45) is 2.06. The molecule has 1 aliphatic heterocycles. The maximum absolute atomic E-state index is 15.3. The lowest BCUT2D eigenvalue weighted by molar-refractivity contribution is 0.101. The Morgan fingerprint density at radius 2 is 2.00 bits per heavy atom. The van der Waals surface area contributed by atoms with E-state index in [0.717, 1.165) is 23.6 Å². The molecule has 0 saturated carbocycles. The second kappa shape index (κ2) is 9.99. The average Bonchev–Trinajstić information content (AvgIpc) is 3.13. The summed E-state index contributed by atoms with van der Waals surface area (Å²) < 4.78 is 37.7. The maximum atomic E-state index is 15.3. The summed E-state index contributed by atoms with van der Waals surface area (Å²) in [7, 11) is 3.76. The van der Waals surface area contributed by atoms with Gasteiger partial charge in [0.25, 0.3) is 5.91 Å². The van der Waals surface area contributed by atoms with Crippen molar-refractivity contribution in [2.24, 2.45) is 0 Å². The van der Waals surface area contributed by atoms with Crippen molar-refractivity contribution in [3.63, 3.8) is 0 Å². The van der Waals surface area contributed by atoms with Crippen LogP contribution in [0.1, 0.15) is 41.5 Å². The van der Waals surface area contributed by atoms with Gasteiger partial charge in [0.2, 0.25) is 0 Å². The zero-order valence-corrected chi connectivity index (χ0v) is 20.3. The fourth-order valence-electron chi connectivity index (χ4n) is 4.22. The molecule has 1 amide bonds. The topological polar surface area (TPSA) is 81.4 Å². The summed E-state index contributed by atoms with van der Waals surface area (Å²) in [5.41, 5.74) is 0.318. The number of carbonyl (C=O) groups excluding carboxylic acids is 1. The van der Waals surface area contributed by atoms with Gasteiger partial charge in [-0.3, -0.25) is 9.36 Å². The first-order valence-electron chi connectivity index (χ1n) is 11.6. The Morgan fingerprint density at radius 1 is 1.23 bits per heavy atom. The van der Waals surface area contributed by atoms with Crippen molar-refractivity contribution in [1.29, 1.82) is 0 Å². The lowest BCUT2D eigenvalue weighted by Crippen LogP contribution is -2.29. The molecule has 0 unspecified atom stereocenters. The molecular weight excluding hydrogens is 456 g/mol. The molecule has 0 bridgehead atoms. The van der Waals surface area contributed by atoms with Gasteiger partial charge in [0.15, 0.2) is 0 Å². The van der Waals surface area contributed by atoms with E-state index in [-0.39, 0.29) is 28.8 Å². The lowest BCUT2D eigenvalue weighted by Gasteiger charge is -2.21. The predicted molar refractivity (Wildman–Crippen MR) is 128 cm³/mol. The van der Waals surface area contributed by atoms with Gasteiger partial charge in [-0.15, -0.1) is 5.10 Å². The quantitative estimate of drug-likeness (QED) is 0.554. The number of anilines is 1. The Morgan fingerprint density at radius 3 is 2.71 bits per heavy atom. The normalized spacial score (nSPS) is 14.0. The van der Waals surface area contributed by atoms with E-state index in [9.17, 15) is 14.0 Å². The average molecular weight is 486 g/mol. The highest BCUT2D eigenvalue weighted by molar-refractivity contribution is 6.06. The number of nitrogens with one attached hydrogen (secondary N) is 1. The summed E-state index contributed by atoms with van der Waals surface area (Å²) in [5, 5.41) is 6.97. The van der Waals surface area contributed by atoms with E-state index in [1.54, 1.807) is 11.5 Å². The number of hydrogen-bond donors (Lipinski definition) is 1. The minimum atomic E-state index is -0.795. The molecule has 3 aromatic rings. The number of ether oxygens (including phenoxy) is 1. The highest BCUT2D eigenvalue weighted by Crippen LogP contribution is 2.28. The molecular formula is C25H29F2N5O3. The van der Waals surface area contributed by atoms with E-state index in [0.29, 0.717) is 30.9 Å². The standard InChI is InChI=1S/C25H29F2N5O3/c1-15-8-9-17(26)11-20(15)28-24(33)18-12-19(27)21(13-22(18)35-16(2)14-30(3)4)32-25(34)31-10-6-5-7-23(31)29-32/h8-9,11-13,16H,5-7,10,14H2,1-4H3,(H,28,33)/t16-/m0/s1. The largest absolute Gasteiger partial charge is 0.488 e. The highest BCUT2D eigenvalue weighted by Gasteiger charge is 2.24. The third kappa shape index (κ3) is 5.27. The van der Waals surface area contributed by atoms with Crippen LogP contribution in [0, 0.1) is 18.6 Å². The molecule has 0 aliphatic carbocycles. The third-order valence-corrected chi connectivity index (χ3v) is 5.89. The van der Waals surface area contributed by atoms with Crippen molar-refractivity contribution in [2.75, 3.05) is 26.0 Å². The van der Waals surface area contributed by atoms with Gasteiger partial charge in [0.1, 0.15) is 35.0 Å². The van der Waals surface area contributed by atoms with E-state index in [1.165, 1.54) is 24.3 Å². The van der Waals surface area contributed by atoms with Crippen LogP contribution in [0.2, 0.25) is 0 Å². The lowest BCUT2D eigenvalue weighted by atomic mass is 10.1. The number of rotatable bonds is 7. The van der Waals surface area contributed by atoms with Crippen LogP contribution in [0.5, 0.6) is 5.75 Å². The number of likely N-dealkylation sites (N-methyl/N-ethyl adjacent to an activating group) is 1. The summed E-state index contributed by atoms with van der Waals surface area (Å²) in [6.45, 7) is 4.62. The monoisotopic (exact) mass is 485 g/mol. The van der Waals surface area contributed by atoms with Crippen LogP contribution >= 0.6 is 0 Å². The number of aromatic nitrogens is 3. The fourth-order valence-corrected chi connectivity index (χ4v) is 4.22. The van der Waals surface area contributed by atoms with Crippen LogP contribution in [0.4, 0.5) is 14.5 Å². The van der Waals surface area contributed by atoms with Gasteiger partial charge in [0.05, 0.1) is 5.56 Å². The number of carbonyl (C=O) groups is 1. The molecule has 2 aromatic carbocycles. The second-order valence-corrected chi connectivity index (χ2v) is 9.12. The SMILES string of the molecule is Cc1ccc(F)cc1NC(=O)c1cc(F)c(-n2nc3n(c2=O)CCCC3)cc1O[C@@H](C)CN(C)C. The smallest absolute Gasteiger partial charge is 0.350 e. The predicted octanol–water partition coefficient (Wildman–Crippen LogP) is 3.54. The molecule has 0 spiro atoms. The van der Waals surface area contributed by atoms with Crippen LogP contribution in [0.25, 0.3) is 5.69 Å². The van der Waals surface area contributed by atoms with E-state index in [4.69, 9.17) is 4.74 Å². The minimum Gasteiger partial charge on any atom is -0.488 e. The van der Waals surface area contributed by atoms with Crippen molar-refractivity contribution < 1.29 is 18.3 Å². The van der Waals surface area contributed by atoms with Gasteiger partial charge in [0, 0.05) is 31.3 Å². The van der Waals surface area contributed by atoms with Crippen molar-refractivity contribution >= 4 is 11.6 Å². The zero-order chi connectivity index (χ0) is 25.3. The maximum Gasteiger partial charge on any atom is 0.350 e. The Hall–Kier alpha value is -3.53. The molecule has 1 aromatic heterocycles. The molecule has 1 N–H and O–H groups in total. The zero-order valence-electron chi connectivity index (χ0n) is 20.3. The summed E-state index contributed by atoms with van der Waals surface area (Å²) in [5.74, 6) is -1.26. The first kappa shape index (κ1) is 24.6. The van der Waals surface area contributed by atoms with Gasteiger partial charge in [-0.25, -0.2) is 13.6 Å². The van der Waals surface area contributed by atoms with Crippen LogP contribution in [-0.2, 0) is 13.0 Å². The van der Waals surface area contributed by atoms with Crippen molar-refractivity contribution in [3.8, 4) is 11.4 Å². The molecule has 186 valence electrons. The molecule has 35 heavy (non-hydrogen) atoms. The fraction of sp³-hybridized carbons (Fsp3) is 0.400. The molecule has 8 nitrogen and oxygen atoms in total. The van der Waals surface area contributed by atoms with Gasteiger partial charge >= 0.3 is 5.69 Å². The van der Waals surface area contributed by atoms with Gasteiger partial charge in [-0.2, -0.15) is 4.68 Å². The van der Waals surface area contributed by atoms with Gasteiger partial charge in [-0.1, -0.05) is 6.07 Å². The third-order valence-electron chi connectivity index (χ3n) is 5.89. The van der Waals surface area contributed by atoms with Crippen molar-refractivity contribution in [3.05, 3.63) is 69.4 Å². The van der Waals surface area contributed by atoms with Crippen molar-refractivity contribution in [1.82, 2.24) is 19.2 Å². The Bertz CT molecular complexity index is 1320. The van der Waals surface area contributed by atoms with Gasteiger partial charge in [-0.05, 0) is 64.5 Å². The molecule has 0 fully saturated rings. The van der Waals surface area contributed by atoms with Gasteiger partial charge < -0.3 is 15.0 Å². The highest BCUT2D eigenvalue weighted by atomic mass is 19.1. The van der Waals surface area contributed by atoms with Crippen LogP contribution < -0.4 is 15.7 Å². The molecule has 1 aliphatic rings. The van der Waals surface area contributed by atoms with E-state index in [2.05, 4.69) is 10.4 Å². The Kier molecular flexibility index (Phi) is 7.02. The second-order valence-electron chi connectivity index (χ2n) is 9.12. The van der Waals surface area contributed by atoms with E-state index in [1.807, 2.05) is 25.9 Å². The van der Waals surface area contributed by atoms with Crippen LogP contribution in [0.15, 0.2) is 35.1 Å². The van der Waals surface area contributed by atoms with Crippen LogP contribution in [-0.4, -0.2) is 51.9 Å². The molecule has 2 heterocycles. The number of fused-ring (bicyclic) bond motifs is 1. The minimum absolute atomic E-state index is 0.0717. The number of halogens is 2. The molecule has 1 atom stereocenters. The number of benzene rings is 2. The molecule has 4 rings (SSSR count). The Balaban J connectivity index is 1.76. The molecule has 0 radical (unpaired) electrons. The Labute approximate surface area is 202 Å². The van der Waals surface area contributed by atoms with E-state index < -0.39 is 23.2 Å². The number of aryl methyl sites for hydroxylation is 2. The molecule has 0 saturated heterocycles. The summed E-state index contributed by atoms with van der Waals surface area (Å²) in [6, 6.07) is 6.39. The first-order valence-corrected chi connectivity index (χ1v) is 11.6. The van der Waals surface area contributed by atoms with Crippen LogP contribution in [0.3, 0.4) is 0 Å². The number of hydrogen-bond acceptors (Lipinski definition) is 5. The number of amides is 1. The van der Waals surface area contributed by atoms with E-state index >= 15 is 4.39 Å². The summed E-state index contributed by atoms with van der Waals surface area (Å²) in [4.78, 5) is 28.0. The molecule has 10 heteroatoms. The number of nitrogens with zero attached hydrogens (tertiary/aromatic N) is 4. The van der Waals surface area contributed by atoms with Crippen molar-refractivity contribution in [2.45, 2.75) is 45.8 Å². The summed E-state index contributed by atoms with van der Waals surface area (Å²) >= 11 is 0.